The Hall–Kier alpha value is -3.20. The molecule has 2 N–H and O–H groups in total. The molecule has 8 nitrogen and oxygen atoms in total. The molecule has 0 atom stereocenters. The van der Waals surface area contributed by atoms with Crippen LogP contribution in [0.5, 0.6) is 11.5 Å². The molecule has 0 unspecified atom stereocenters. The zero-order valence-electron chi connectivity index (χ0n) is 15.9. The molecule has 0 aliphatic carbocycles. The van der Waals surface area contributed by atoms with Crippen LogP contribution in [0.3, 0.4) is 0 Å². The molecule has 9 heteroatoms. The van der Waals surface area contributed by atoms with Gasteiger partial charge in [0.25, 0.3) is 5.56 Å². The highest BCUT2D eigenvalue weighted by Crippen LogP contribution is 2.36. The van der Waals surface area contributed by atoms with E-state index in [0.717, 1.165) is 0 Å². The van der Waals surface area contributed by atoms with Crippen molar-refractivity contribution in [3.8, 4) is 11.5 Å². The third-order valence-electron chi connectivity index (χ3n) is 4.17. The summed E-state index contributed by atoms with van der Waals surface area (Å²) in [5.74, 6) is 0.783. The number of nitrogens with one attached hydrogen (secondary N) is 2. The second-order valence-corrected chi connectivity index (χ2v) is 6.82. The summed E-state index contributed by atoms with van der Waals surface area (Å²) in [5, 5.41) is 3.96. The van der Waals surface area contributed by atoms with Crippen molar-refractivity contribution in [1.29, 1.82) is 0 Å². The molecule has 29 heavy (non-hydrogen) atoms. The molecule has 0 radical (unpaired) electrons. The van der Waals surface area contributed by atoms with Crippen molar-refractivity contribution in [3.63, 3.8) is 0 Å². The number of fused-ring (bicyclic) bond motifs is 1. The van der Waals surface area contributed by atoms with Gasteiger partial charge >= 0.3 is 0 Å². The normalized spacial score (nSPS) is 11.0. The van der Waals surface area contributed by atoms with Crippen LogP contribution < -0.4 is 20.5 Å². The molecule has 0 aliphatic rings. The molecule has 1 aromatic heterocycles. The number of hydrogen-bond acceptors (Lipinski definition) is 6. The number of rotatable bonds is 7. The number of para-hydroxylation sites is 2. The fourth-order valence-electron chi connectivity index (χ4n) is 2.70. The van der Waals surface area contributed by atoms with Gasteiger partial charge in [0.2, 0.25) is 5.91 Å². The second-order valence-electron chi connectivity index (χ2n) is 6.03. The van der Waals surface area contributed by atoms with Gasteiger partial charge in [0.05, 0.1) is 35.9 Å². The summed E-state index contributed by atoms with van der Waals surface area (Å²) in [6.45, 7) is 0. The largest absolute Gasteiger partial charge is 0.493 e. The van der Waals surface area contributed by atoms with Crippen LogP contribution in [0.25, 0.3) is 11.0 Å². The summed E-state index contributed by atoms with van der Waals surface area (Å²) < 4.78 is 11.2. The van der Waals surface area contributed by atoms with E-state index in [1.807, 2.05) is 12.1 Å². The Kier molecular flexibility index (Phi) is 6.61. The molecular formula is C20H19BrN4O4. The summed E-state index contributed by atoms with van der Waals surface area (Å²) >= 11 is 3.43. The molecule has 2 aromatic carbocycles. The van der Waals surface area contributed by atoms with Crippen LogP contribution in [0, 0.1) is 0 Å². The molecule has 1 heterocycles. The van der Waals surface area contributed by atoms with E-state index in [9.17, 15) is 9.59 Å². The van der Waals surface area contributed by atoms with Gasteiger partial charge in [-0.25, -0.2) is 10.4 Å². The summed E-state index contributed by atoms with van der Waals surface area (Å²) in [5.41, 5.74) is 4.51. The lowest BCUT2D eigenvalue weighted by molar-refractivity contribution is -0.121. The number of hydrogen-bond donors (Lipinski definition) is 2. The number of carbonyl (C=O) groups is 1. The number of carbonyl (C=O) groups excluding carboxylic acids is 1. The smallest absolute Gasteiger partial charge is 0.270 e. The third kappa shape index (κ3) is 4.80. The molecule has 0 spiro atoms. The van der Waals surface area contributed by atoms with Gasteiger partial charge in [0, 0.05) is 18.4 Å². The average molecular weight is 459 g/mol. The minimum atomic E-state index is -0.327. The Morgan fingerprint density at radius 3 is 2.79 bits per heavy atom. The van der Waals surface area contributed by atoms with Gasteiger partial charge in [-0.1, -0.05) is 12.1 Å². The van der Waals surface area contributed by atoms with Crippen molar-refractivity contribution in [3.05, 3.63) is 62.5 Å². The van der Waals surface area contributed by atoms with Gasteiger partial charge in [0.1, 0.15) is 5.69 Å². The Bertz CT molecular complexity index is 1130. The van der Waals surface area contributed by atoms with Crippen LogP contribution in [0.2, 0.25) is 0 Å². The third-order valence-corrected chi connectivity index (χ3v) is 4.98. The first kappa shape index (κ1) is 20.5. The summed E-state index contributed by atoms with van der Waals surface area (Å²) in [6, 6.07) is 10.8. The van der Waals surface area contributed by atoms with E-state index in [2.05, 4.69) is 36.4 Å². The Morgan fingerprint density at radius 2 is 2.03 bits per heavy atom. The minimum absolute atomic E-state index is 0.0822. The second kappa shape index (κ2) is 9.33. The van der Waals surface area contributed by atoms with E-state index in [-0.39, 0.29) is 24.3 Å². The number of nitrogens with zero attached hydrogens (tertiary/aromatic N) is 2. The van der Waals surface area contributed by atoms with E-state index in [0.29, 0.717) is 38.3 Å². The van der Waals surface area contributed by atoms with Gasteiger partial charge in [-0.15, -0.1) is 0 Å². The van der Waals surface area contributed by atoms with Crippen molar-refractivity contribution in [2.75, 3.05) is 14.2 Å². The summed E-state index contributed by atoms with van der Waals surface area (Å²) in [4.78, 5) is 31.3. The molecule has 0 saturated carbocycles. The van der Waals surface area contributed by atoms with E-state index in [1.165, 1.54) is 13.3 Å². The number of methoxy groups -OCH3 is 2. The zero-order valence-corrected chi connectivity index (χ0v) is 17.4. The monoisotopic (exact) mass is 458 g/mol. The number of aryl methyl sites for hydroxylation is 1. The molecule has 3 aromatic rings. The van der Waals surface area contributed by atoms with Gasteiger partial charge in [-0.3, -0.25) is 9.59 Å². The molecular weight excluding hydrogens is 440 g/mol. The maximum Gasteiger partial charge on any atom is 0.270 e. The number of hydrazone groups is 1. The maximum absolute atomic E-state index is 12.1. The van der Waals surface area contributed by atoms with E-state index in [4.69, 9.17) is 9.47 Å². The first-order chi connectivity index (χ1) is 14.0. The first-order valence-corrected chi connectivity index (χ1v) is 9.53. The predicted molar refractivity (Wildman–Crippen MR) is 114 cm³/mol. The molecule has 1 amide bonds. The molecule has 0 fully saturated rings. The van der Waals surface area contributed by atoms with E-state index in [1.54, 1.807) is 31.4 Å². The highest BCUT2D eigenvalue weighted by molar-refractivity contribution is 9.10. The number of benzene rings is 2. The SMILES string of the molecule is COc1ccc(/C=N\NC(=O)CCc2nc3ccccc3[nH]c2=O)c(Br)c1OC. The van der Waals surface area contributed by atoms with Gasteiger partial charge in [-0.05, 0) is 40.2 Å². The zero-order chi connectivity index (χ0) is 20.8. The summed E-state index contributed by atoms with van der Waals surface area (Å²) in [6.07, 6.45) is 1.78. The Balaban J connectivity index is 1.62. The fourth-order valence-corrected chi connectivity index (χ4v) is 3.29. The van der Waals surface area contributed by atoms with E-state index < -0.39 is 0 Å². The number of amides is 1. The number of halogens is 1. The van der Waals surface area contributed by atoms with Crippen molar-refractivity contribution in [2.24, 2.45) is 5.10 Å². The van der Waals surface area contributed by atoms with Crippen LogP contribution in [0.15, 0.2) is 50.8 Å². The summed E-state index contributed by atoms with van der Waals surface area (Å²) in [7, 11) is 3.08. The van der Waals surface area contributed by atoms with Crippen molar-refractivity contribution in [1.82, 2.24) is 15.4 Å². The maximum atomic E-state index is 12.1. The Labute approximate surface area is 175 Å². The first-order valence-electron chi connectivity index (χ1n) is 8.73. The minimum Gasteiger partial charge on any atom is -0.493 e. The van der Waals surface area contributed by atoms with Crippen LogP contribution in [0.1, 0.15) is 17.7 Å². The average Bonchev–Trinajstić information content (AvgIpc) is 2.73. The molecule has 0 bridgehead atoms. The lowest BCUT2D eigenvalue weighted by Gasteiger charge is -2.10. The molecule has 3 rings (SSSR count). The van der Waals surface area contributed by atoms with Crippen LogP contribution in [0.4, 0.5) is 0 Å². The quantitative estimate of drug-likeness (QED) is 0.418. The predicted octanol–water partition coefficient (Wildman–Crippen LogP) is 2.79. The van der Waals surface area contributed by atoms with Gasteiger partial charge in [0.15, 0.2) is 11.5 Å². The number of aromatic amines is 1. The highest BCUT2D eigenvalue weighted by Gasteiger charge is 2.12. The lowest BCUT2D eigenvalue weighted by Crippen LogP contribution is -2.21. The molecule has 0 saturated heterocycles. The van der Waals surface area contributed by atoms with E-state index >= 15 is 0 Å². The van der Waals surface area contributed by atoms with Crippen LogP contribution in [-0.2, 0) is 11.2 Å². The highest BCUT2D eigenvalue weighted by atomic mass is 79.9. The number of H-pyrrole nitrogens is 1. The molecule has 150 valence electrons. The van der Waals surface area contributed by atoms with Gasteiger partial charge < -0.3 is 14.5 Å². The van der Waals surface area contributed by atoms with Crippen LogP contribution in [-0.4, -0.2) is 36.3 Å². The molecule has 0 aliphatic heterocycles. The van der Waals surface area contributed by atoms with Crippen molar-refractivity contribution in [2.45, 2.75) is 12.8 Å². The van der Waals surface area contributed by atoms with Crippen molar-refractivity contribution < 1.29 is 14.3 Å². The Morgan fingerprint density at radius 1 is 1.24 bits per heavy atom. The number of ether oxygens (including phenoxy) is 2. The van der Waals surface area contributed by atoms with Crippen molar-refractivity contribution >= 4 is 39.1 Å². The lowest BCUT2D eigenvalue weighted by atomic mass is 10.2. The van der Waals surface area contributed by atoms with Gasteiger partial charge in [-0.2, -0.15) is 5.10 Å². The topological polar surface area (TPSA) is 106 Å². The standard InChI is InChI=1S/C20H19BrN4O4/c1-28-16-9-7-12(18(21)19(16)29-2)11-22-25-17(26)10-8-15-20(27)24-14-6-4-3-5-13(14)23-15/h3-7,9,11H,8,10H2,1-2H3,(H,24,27)(H,25,26)/b22-11-. The number of aromatic nitrogens is 2. The van der Waals surface area contributed by atoms with Crippen LogP contribution >= 0.6 is 15.9 Å². The fraction of sp³-hybridized carbons (Fsp3) is 0.200.